The molecule has 0 amide bonds. The van der Waals surface area contributed by atoms with Gasteiger partial charge in [0.05, 0.1) is 12.7 Å². The second kappa shape index (κ2) is 5.34. The van der Waals surface area contributed by atoms with E-state index in [0.29, 0.717) is 12.0 Å². The van der Waals surface area contributed by atoms with Crippen molar-refractivity contribution in [2.75, 3.05) is 26.8 Å². The Hall–Kier alpha value is -0.630. The minimum Gasteiger partial charge on any atom is -0.380 e. The van der Waals surface area contributed by atoms with Crippen LogP contribution in [0.2, 0.25) is 0 Å². The number of ether oxygens (including phenoxy) is 1. The van der Waals surface area contributed by atoms with Crippen LogP contribution in [-0.2, 0) is 4.74 Å². The van der Waals surface area contributed by atoms with Gasteiger partial charge in [-0.2, -0.15) is 5.26 Å². The first kappa shape index (κ1) is 12.8. The lowest BCUT2D eigenvalue weighted by molar-refractivity contribution is 0.153. The molecule has 2 aliphatic rings. The Balaban J connectivity index is 1.79. The van der Waals surface area contributed by atoms with Gasteiger partial charge in [-0.25, -0.2) is 0 Å². The quantitative estimate of drug-likeness (QED) is 0.796. The summed E-state index contributed by atoms with van der Waals surface area (Å²) in [5, 5.41) is 9.16. The molecule has 0 aromatic heterocycles. The van der Waals surface area contributed by atoms with Crippen molar-refractivity contribution in [3.05, 3.63) is 0 Å². The summed E-state index contributed by atoms with van der Waals surface area (Å²) in [4.78, 5) is 2.36. The fourth-order valence-corrected chi connectivity index (χ4v) is 3.06. The van der Waals surface area contributed by atoms with Crippen LogP contribution in [0.1, 0.15) is 32.1 Å². The van der Waals surface area contributed by atoms with Crippen LogP contribution in [0.5, 0.6) is 0 Å². The Morgan fingerprint density at radius 3 is 3.00 bits per heavy atom. The molecule has 2 fully saturated rings. The zero-order valence-electron chi connectivity index (χ0n) is 10.7. The topological polar surface area (TPSA) is 62.3 Å². The Bertz CT molecular complexity index is 296. The first-order valence-electron chi connectivity index (χ1n) is 6.64. The standard InChI is InChI=1S/C13H23N3O/c1-16(12-5-8-17-9-12)7-4-11-3-2-6-13(11,15)10-14/h11-12H,2-9,15H2,1H3. The Labute approximate surface area is 104 Å². The van der Waals surface area contributed by atoms with Gasteiger partial charge in [-0.3, -0.25) is 0 Å². The van der Waals surface area contributed by atoms with Crippen LogP contribution >= 0.6 is 0 Å². The third-order valence-corrected chi connectivity index (χ3v) is 4.44. The highest BCUT2D eigenvalue weighted by molar-refractivity contribution is 5.11. The molecule has 96 valence electrons. The molecule has 3 atom stereocenters. The van der Waals surface area contributed by atoms with E-state index in [2.05, 4.69) is 18.0 Å². The summed E-state index contributed by atoms with van der Waals surface area (Å²) in [6.07, 6.45) is 5.25. The molecule has 1 saturated carbocycles. The lowest BCUT2D eigenvalue weighted by atomic mass is 9.87. The van der Waals surface area contributed by atoms with Crippen molar-refractivity contribution >= 4 is 0 Å². The molecule has 1 heterocycles. The minimum absolute atomic E-state index is 0.372. The van der Waals surface area contributed by atoms with E-state index >= 15 is 0 Å². The van der Waals surface area contributed by atoms with E-state index < -0.39 is 5.54 Å². The van der Waals surface area contributed by atoms with Gasteiger partial charge in [0.15, 0.2) is 0 Å². The van der Waals surface area contributed by atoms with Crippen molar-refractivity contribution in [3.63, 3.8) is 0 Å². The number of nitrogens with zero attached hydrogens (tertiary/aromatic N) is 2. The predicted octanol–water partition coefficient (Wildman–Crippen LogP) is 1.12. The van der Waals surface area contributed by atoms with E-state index in [0.717, 1.165) is 51.9 Å². The summed E-state index contributed by atoms with van der Waals surface area (Å²) in [6.45, 7) is 2.77. The summed E-state index contributed by atoms with van der Waals surface area (Å²) < 4.78 is 5.39. The van der Waals surface area contributed by atoms with Gasteiger partial charge in [-0.05, 0) is 45.2 Å². The lowest BCUT2D eigenvalue weighted by Gasteiger charge is -2.28. The van der Waals surface area contributed by atoms with Gasteiger partial charge in [0.2, 0.25) is 0 Å². The fraction of sp³-hybridized carbons (Fsp3) is 0.923. The molecule has 2 rings (SSSR count). The number of hydrogen-bond donors (Lipinski definition) is 1. The number of nitrogens with two attached hydrogens (primary N) is 1. The highest BCUT2D eigenvalue weighted by Crippen LogP contribution is 2.35. The normalized spacial score (nSPS) is 37.5. The highest BCUT2D eigenvalue weighted by Gasteiger charge is 2.39. The van der Waals surface area contributed by atoms with E-state index in [-0.39, 0.29) is 0 Å². The molecular weight excluding hydrogens is 214 g/mol. The summed E-state index contributed by atoms with van der Waals surface area (Å²) in [7, 11) is 2.15. The van der Waals surface area contributed by atoms with E-state index in [1.165, 1.54) is 0 Å². The largest absolute Gasteiger partial charge is 0.380 e. The van der Waals surface area contributed by atoms with Gasteiger partial charge >= 0.3 is 0 Å². The molecule has 1 aliphatic heterocycles. The Morgan fingerprint density at radius 1 is 1.53 bits per heavy atom. The molecule has 0 radical (unpaired) electrons. The average molecular weight is 237 g/mol. The Kier molecular flexibility index (Phi) is 4.03. The van der Waals surface area contributed by atoms with Gasteiger partial charge in [-0.1, -0.05) is 6.42 Å². The number of likely N-dealkylation sites (N-methyl/N-ethyl adjacent to an activating group) is 1. The first-order chi connectivity index (χ1) is 8.15. The minimum atomic E-state index is -0.562. The third kappa shape index (κ3) is 2.79. The number of rotatable bonds is 4. The molecule has 4 nitrogen and oxygen atoms in total. The van der Waals surface area contributed by atoms with Crippen LogP contribution in [-0.4, -0.2) is 43.3 Å². The van der Waals surface area contributed by atoms with E-state index in [1.54, 1.807) is 0 Å². The van der Waals surface area contributed by atoms with E-state index in [1.807, 2.05) is 0 Å². The van der Waals surface area contributed by atoms with Crippen LogP contribution in [0.25, 0.3) is 0 Å². The second-order valence-electron chi connectivity index (χ2n) is 5.53. The zero-order valence-corrected chi connectivity index (χ0v) is 10.7. The SMILES string of the molecule is CN(CCC1CCCC1(N)C#N)C1CCOC1. The highest BCUT2D eigenvalue weighted by atomic mass is 16.5. The maximum absolute atomic E-state index is 9.16. The molecule has 1 saturated heterocycles. The molecule has 17 heavy (non-hydrogen) atoms. The van der Waals surface area contributed by atoms with Gasteiger partial charge in [0.25, 0.3) is 0 Å². The maximum Gasteiger partial charge on any atom is 0.107 e. The predicted molar refractivity (Wildman–Crippen MR) is 66.3 cm³/mol. The van der Waals surface area contributed by atoms with Gasteiger partial charge in [0, 0.05) is 12.6 Å². The Morgan fingerprint density at radius 2 is 2.35 bits per heavy atom. The smallest absolute Gasteiger partial charge is 0.107 e. The molecule has 0 spiro atoms. The van der Waals surface area contributed by atoms with Crippen LogP contribution in [0, 0.1) is 17.2 Å². The molecule has 0 bridgehead atoms. The summed E-state index contributed by atoms with van der Waals surface area (Å²) in [5.41, 5.74) is 5.58. The van der Waals surface area contributed by atoms with Crippen molar-refractivity contribution in [2.24, 2.45) is 11.7 Å². The van der Waals surface area contributed by atoms with Crippen molar-refractivity contribution < 1.29 is 4.74 Å². The summed E-state index contributed by atoms with van der Waals surface area (Å²) in [5.74, 6) is 0.372. The number of nitriles is 1. The van der Waals surface area contributed by atoms with E-state index in [4.69, 9.17) is 15.7 Å². The zero-order chi connectivity index (χ0) is 12.3. The van der Waals surface area contributed by atoms with Crippen molar-refractivity contribution in [1.29, 1.82) is 5.26 Å². The molecule has 0 aromatic carbocycles. The van der Waals surface area contributed by atoms with Gasteiger partial charge in [0.1, 0.15) is 5.54 Å². The molecule has 2 N–H and O–H groups in total. The second-order valence-corrected chi connectivity index (χ2v) is 5.53. The van der Waals surface area contributed by atoms with Crippen LogP contribution in [0.15, 0.2) is 0 Å². The molecule has 1 aliphatic carbocycles. The molecule has 3 unspecified atom stereocenters. The third-order valence-electron chi connectivity index (χ3n) is 4.44. The lowest BCUT2D eigenvalue weighted by Crippen LogP contribution is -2.43. The van der Waals surface area contributed by atoms with Crippen LogP contribution in [0.4, 0.5) is 0 Å². The van der Waals surface area contributed by atoms with Crippen LogP contribution in [0.3, 0.4) is 0 Å². The van der Waals surface area contributed by atoms with Gasteiger partial charge < -0.3 is 15.4 Å². The maximum atomic E-state index is 9.16. The molecular formula is C13H23N3O. The van der Waals surface area contributed by atoms with Crippen molar-refractivity contribution in [1.82, 2.24) is 4.90 Å². The van der Waals surface area contributed by atoms with Gasteiger partial charge in [-0.15, -0.1) is 0 Å². The van der Waals surface area contributed by atoms with E-state index in [9.17, 15) is 0 Å². The van der Waals surface area contributed by atoms with Crippen molar-refractivity contribution in [3.8, 4) is 6.07 Å². The first-order valence-corrected chi connectivity index (χ1v) is 6.64. The van der Waals surface area contributed by atoms with Crippen molar-refractivity contribution in [2.45, 2.75) is 43.7 Å². The average Bonchev–Trinajstić information content (AvgIpc) is 2.96. The molecule has 4 heteroatoms. The number of hydrogen-bond acceptors (Lipinski definition) is 4. The summed E-state index contributed by atoms with van der Waals surface area (Å²) in [6, 6.07) is 2.88. The van der Waals surface area contributed by atoms with Crippen LogP contribution < -0.4 is 5.73 Å². The monoisotopic (exact) mass is 237 g/mol. The fourth-order valence-electron chi connectivity index (χ4n) is 3.06. The summed E-state index contributed by atoms with van der Waals surface area (Å²) >= 11 is 0. The molecule has 0 aromatic rings.